The van der Waals surface area contributed by atoms with Gasteiger partial charge in [-0.3, -0.25) is 4.79 Å². The number of anilines is 1. The van der Waals surface area contributed by atoms with Gasteiger partial charge in [0, 0.05) is 35.7 Å². The molecule has 0 atom stereocenters. The van der Waals surface area contributed by atoms with Crippen LogP contribution < -0.4 is 5.32 Å². The van der Waals surface area contributed by atoms with Crippen molar-refractivity contribution in [3.8, 4) is 10.6 Å². The van der Waals surface area contributed by atoms with E-state index in [1.807, 2.05) is 53.9 Å². The second kappa shape index (κ2) is 6.86. The number of H-pyrrole nitrogens is 1. The van der Waals surface area contributed by atoms with E-state index in [1.54, 1.807) is 17.5 Å². The lowest BCUT2D eigenvalue weighted by Gasteiger charge is -2.05. The summed E-state index contributed by atoms with van der Waals surface area (Å²) in [5.41, 5.74) is 3.76. The number of para-hydroxylation sites is 2. The van der Waals surface area contributed by atoms with E-state index in [0.717, 1.165) is 33.1 Å². The van der Waals surface area contributed by atoms with Gasteiger partial charge in [0.2, 0.25) is 5.91 Å². The van der Waals surface area contributed by atoms with E-state index in [1.165, 1.54) is 0 Å². The largest absolute Gasteiger partial charge is 0.342 e. The van der Waals surface area contributed by atoms with E-state index in [0.29, 0.717) is 12.8 Å². The number of aryl methyl sites for hydroxylation is 1. The molecule has 0 fully saturated rings. The highest BCUT2D eigenvalue weighted by molar-refractivity contribution is 7.13. The molecular formula is C19H16N4OS. The maximum atomic E-state index is 12.2. The molecule has 2 N–H and O–H groups in total. The summed E-state index contributed by atoms with van der Waals surface area (Å²) in [6, 6.07) is 15.6. The summed E-state index contributed by atoms with van der Waals surface area (Å²) in [7, 11) is 0. The molecule has 2 heterocycles. The second-order valence-electron chi connectivity index (χ2n) is 5.66. The third-order valence-corrected chi connectivity index (χ3v) is 4.70. The Morgan fingerprint density at radius 2 is 1.96 bits per heavy atom. The number of benzene rings is 2. The number of nitrogens with zero attached hydrogens (tertiary/aromatic N) is 2. The molecule has 0 unspecified atom stereocenters. The number of fused-ring (bicyclic) bond motifs is 1. The number of hydrogen-bond acceptors (Lipinski definition) is 4. The Labute approximate surface area is 148 Å². The average molecular weight is 348 g/mol. The van der Waals surface area contributed by atoms with Gasteiger partial charge in [-0.2, -0.15) is 0 Å². The molecule has 0 radical (unpaired) electrons. The molecule has 0 aliphatic carbocycles. The summed E-state index contributed by atoms with van der Waals surface area (Å²) in [5, 5.41) is 5.84. The van der Waals surface area contributed by atoms with Gasteiger partial charge >= 0.3 is 0 Å². The molecule has 1 amide bonds. The number of amides is 1. The smallest absolute Gasteiger partial charge is 0.224 e. The second-order valence-corrected chi connectivity index (χ2v) is 6.56. The number of aromatic amines is 1. The predicted octanol–water partition coefficient (Wildman–Crippen LogP) is 4.26. The standard InChI is InChI=1S/C19H16N4OS/c24-18(10-9-17-22-15-3-1-2-4-16(15)23-17)21-14-7-5-13(6-8-14)19-20-11-12-25-19/h1-8,11-12H,9-10H2,(H,21,24)(H,22,23). The maximum Gasteiger partial charge on any atom is 0.224 e. The van der Waals surface area contributed by atoms with Crippen molar-refractivity contribution in [3.63, 3.8) is 0 Å². The summed E-state index contributed by atoms with van der Waals surface area (Å²) in [6.45, 7) is 0. The Balaban J connectivity index is 1.35. The minimum Gasteiger partial charge on any atom is -0.342 e. The molecule has 124 valence electrons. The third kappa shape index (κ3) is 3.59. The minimum atomic E-state index is -0.0255. The van der Waals surface area contributed by atoms with Crippen LogP contribution in [0, 0.1) is 0 Å². The van der Waals surface area contributed by atoms with Crippen molar-refractivity contribution in [2.45, 2.75) is 12.8 Å². The molecule has 0 saturated carbocycles. The fourth-order valence-corrected chi connectivity index (χ4v) is 3.29. The van der Waals surface area contributed by atoms with Crippen LogP contribution >= 0.6 is 11.3 Å². The van der Waals surface area contributed by atoms with Gasteiger partial charge in [0.1, 0.15) is 10.8 Å². The molecule has 0 saturated heterocycles. The Kier molecular flexibility index (Phi) is 4.26. The van der Waals surface area contributed by atoms with Crippen molar-refractivity contribution in [1.82, 2.24) is 15.0 Å². The number of aromatic nitrogens is 3. The third-order valence-electron chi connectivity index (χ3n) is 3.88. The first-order valence-corrected chi connectivity index (χ1v) is 8.89. The van der Waals surface area contributed by atoms with Gasteiger partial charge in [0.25, 0.3) is 0 Å². The minimum absolute atomic E-state index is 0.0255. The Bertz CT molecular complexity index is 957. The molecule has 0 aliphatic rings. The number of thiazole rings is 1. The van der Waals surface area contributed by atoms with Crippen LogP contribution in [-0.4, -0.2) is 20.9 Å². The van der Waals surface area contributed by atoms with Crippen molar-refractivity contribution in [2.75, 3.05) is 5.32 Å². The summed E-state index contributed by atoms with van der Waals surface area (Å²) in [5.74, 6) is 0.804. The fourth-order valence-electron chi connectivity index (χ4n) is 2.64. The van der Waals surface area contributed by atoms with Crippen molar-refractivity contribution in [2.24, 2.45) is 0 Å². The van der Waals surface area contributed by atoms with Crippen LogP contribution in [-0.2, 0) is 11.2 Å². The lowest BCUT2D eigenvalue weighted by molar-refractivity contribution is -0.116. The SMILES string of the molecule is O=C(CCc1nc2ccccc2[nH]1)Nc1ccc(-c2nccs2)cc1. The van der Waals surface area contributed by atoms with Crippen molar-refractivity contribution in [1.29, 1.82) is 0 Å². The molecule has 2 aromatic carbocycles. The van der Waals surface area contributed by atoms with Gasteiger partial charge in [-0.05, 0) is 36.4 Å². The maximum absolute atomic E-state index is 12.2. The summed E-state index contributed by atoms with van der Waals surface area (Å²) in [4.78, 5) is 24.2. The highest BCUT2D eigenvalue weighted by Gasteiger charge is 2.07. The monoisotopic (exact) mass is 348 g/mol. The molecule has 4 aromatic rings. The number of imidazole rings is 1. The summed E-state index contributed by atoms with van der Waals surface area (Å²) >= 11 is 1.59. The van der Waals surface area contributed by atoms with Crippen LogP contribution in [0.4, 0.5) is 5.69 Å². The van der Waals surface area contributed by atoms with Crippen molar-refractivity contribution >= 4 is 34.0 Å². The van der Waals surface area contributed by atoms with Crippen LogP contribution in [0.5, 0.6) is 0 Å². The van der Waals surface area contributed by atoms with Crippen molar-refractivity contribution in [3.05, 3.63) is 65.9 Å². The van der Waals surface area contributed by atoms with E-state index in [9.17, 15) is 4.79 Å². The Morgan fingerprint density at radius 3 is 2.72 bits per heavy atom. The zero-order chi connectivity index (χ0) is 17.1. The Hall–Kier alpha value is -2.99. The van der Waals surface area contributed by atoms with Crippen LogP contribution in [0.25, 0.3) is 21.6 Å². The average Bonchev–Trinajstić information content (AvgIpc) is 3.30. The molecule has 5 nitrogen and oxygen atoms in total. The molecule has 0 spiro atoms. The summed E-state index contributed by atoms with van der Waals surface area (Å²) < 4.78 is 0. The molecule has 25 heavy (non-hydrogen) atoms. The summed E-state index contributed by atoms with van der Waals surface area (Å²) in [6.07, 6.45) is 2.75. The highest BCUT2D eigenvalue weighted by Crippen LogP contribution is 2.23. The van der Waals surface area contributed by atoms with Crippen LogP contribution in [0.15, 0.2) is 60.1 Å². The van der Waals surface area contributed by atoms with Crippen LogP contribution in [0.2, 0.25) is 0 Å². The number of rotatable bonds is 5. The van der Waals surface area contributed by atoms with Crippen LogP contribution in [0.3, 0.4) is 0 Å². The molecule has 0 bridgehead atoms. The highest BCUT2D eigenvalue weighted by atomic mass is 32.1. The Morgan fingerprint density at radius 1 is 1.12 bits per heavy atom. The van der Waals surface area contributed by atoms with E-state index in [2.05, 4.69) is 20.3 Å². The first-order chi connectivity index (χ1) is 12.3. The first-order valence-electron chi connectivity index (χ1n) is 8.01. The van der Waals surface area contributed by atoms with E-state index in [-0.39, 0.29) is 5.91 Å². The molecule has 2 aromatic heterocycles. The van der Waals surface area contributed by atoms with Gasteiger partial charge in [0.15, 0.2) is 0 Å². The zero-order valence-electron chi connectivity index (χ0n) is 13.4. The van der Waals surface area contributed by atoms with Crippen LogP contribution in [0.1, 0.15) is 12.2 Å². The number of nitrogens with one attached hydrogen (secondary N) is 2. The fraction of sp³-hybridized carbons (Fsp3) is 0.105. The van der Waals surface area contributed by atoms with E-state index < -0.39 is 0 Å². The van der Waals surface area contributed by atoms with Gasteiger partial charge < -0.3 is 10.3 Å². The first kappa shape index (κ1) is 15.5. The van der Waals surface area contributed by atoms with E-state index in [4.69, 9.17) is 0 Å². The molecule has 4 rings (SSSR count). The number of hydrogen-bond donors (Lipinski definition) is 2. The van der Waals surface area contributed by atoms with Gasteiger partial charge in [-0.1, -0.05) is 12.1 Å². The number of carbonyl (C=O) groups excluding carboxylic acids is 1. The molecule has 0 aliphatic heterocycles. The lowest BCUT2D eigenvalue weighted by atomic mass is 10.2. The molecule has 6 heteroatoms. The van der Waals surface area contributed by atoms with Gasteiger partial charge in [-0.15, -0.1) is 11.3 Å². The van der Waals surface area contributed by atoms with Gasteiger partial charge in [0.05, 0.1) is 11.0 Å². The lowest BCUT2D eigenvalue weighted by Crippen LogP contribution is -2.12. The van der Waals surface area contributed by atoms with Gasteiger partial charge in [-0.25, -0.2) is 9.97 Å². The topological polar surface area (TPSA) is 70.7 Å². The molecular weight excluding hydrogens is 332 g/mol. The normalized spacial score (nSPS) is 10.9. The quantitative estimate of drug-likeness (QED) is 0.566. The number of carbonyl (C=O) groups is 1. The predicted molar refractivity (Wildman–Crippen MR) is 101 cm³/mol. The van der Waals surface area contributed by atoms with E-state index >= 15 is 0 Å². The zero-order valence-corrected chi connectivity index (χ0v) is 14.2. The van der Waals surface area contributed by atoms with Crippen molar-refractivity contribution < 1.29 is 4.79 Å².